The van der Waals surface area contributed by atoms with Crippen LogP contribution in [-0.2, 0) is 9.59 Å². The van der Waals surface area contributed by atoms with E-state index in [4.69, 9.17) is 4.42 Å². The van der Waals surface area contributed by atoms with Crippen molar-refractivity contribution >= 4 is 17.8 Å². The molecule has 2 heterocycles. The predicted molar refractivity (Wildman–Crippen MR) is 85.5 cm³/mol. The van der Waals surface area contributed by atoms with Crippen molar-refractivity contribution in [2.24, 2.45) is 5.92 Å². The number of oxazole rings is 1. The quantitative estimate of drug-likeness (QED) is 0.934. The van der Waals surface area contributed by atoms with Crippen LogP contribution in [0.1, 0.15) is 19.8 Å². The molecule has 1 saturated heterocycles. The molecule has 0 radical (unpaired) electrons. The summed E-state index contributed by atoms with van der Waals surface area (Å²) in [7, 11) is 0. The molecule has 1 aliphatic rings. The van der Waals surface area contributed by atoms with E-state index in [1.165, 1.54) is 12.3 Å². The molecule has 2 amide bonds. The number of carbonyl (C=O) groups excluding carboxylic acids is 2. The highest BCUT2D eigenvalue weighted by Crippen LogP contribution is 2.24. The highest BCUT2D eigenvalue weighted by Gasteiger charge is 2.30. The van der Waals surface area contributed by atoms with Gasteiger partial charge in [-0.2, -0.15) is 4.98 Å². The molecule has 1 aromatic carbocycles. The number of rotatable bonds is 4. The molecule has 126 valence electrons. The van der Waals surface area contributed by atoms with Crippen LogP contribution in [0.2, 0.25) is 0 Å². The molecule has 3 rings (SSSR count). The summed E-state index contributed by atoms with van der Waals surface area (Å²) < 4.78 is 19.0. The molecule has 1 unspecified atom stereocenters. The van der Waals surface area contributed by atoms with Gasteiger partial charge in [-0.1, -0.05) is 12.1 Å². The summed E-state index contributed by atoms with van der Waals surface area (Å²) in [6.07, 6.45) is 2.16. The predicted octanol–water partition coefficient (Wildman–Crippen LogP) is 2.68. The molecule has 7 heteroatoms. The fourth-order valence-electron chi connectivity index (χ4n) is 2.77. The Bertz CT molecular complexity index is 759. The maximum atomic E-state index is 13.8. The highest BCUT2D eigenvalue weighted by atomic mass is 19.1. The van der Waals surface area contributed by atoms with Crippen molar-refractivity contribution in [1.82, 2.24) is 9.88 Å². The van der Waals surface area contributed by atoms with E-state index in [0.717, 1.165) is 0 Å². The molecule has 6 nitrogen and oxygen atoms in total. The standard InChI is InChI=1S/C17H18FN3O3/c1-2-21-9-11(7-8-15(21)22)16(23)20-17-19-14(10-24-17)12-5-3-4-6-13(12)18/h3-6,10-11H,2,7-9H2,1H3,(H,19,20,23). The van der Waals surface area contributed by atoms with E-state index < -0.39 is 5.82 Å². The Kier molecular flexibility index (Phi) is 4.59. The lowest BCUT2D eigenvalue weighted by atomic mass is 9.97. The minimum absolute atomic E-state index is 0.0261. The molecule has 1 aliphatic heterocycles. The van der Waals surface area contributed by atoms with Crippen LogP contribution in [0.25, 0.3) is 11.3 Å². The molecule has 0 spiro atoms. The summed E-state index contributed by atoms with van der Waals surface area (Å²) in [5, 5.41) is 2.60. The zero-order chi connectivity index (χ0) is 17.1. The van der Waals surface area contributed by atoms with E-state index in [9.17, 15) is 14.0 Å². The van der Waals surface area contributed by atoms with Gasteiger partial charge in [-0.25, -0.2) is 4.39 Å². The van der Waals surface area contributed by atoms with Crippen LogP contribution in [0, 0.1) is 11.7 Å². The number of benzene rings is 1. The van der Waals surface area contributed by atoms with Gasteiger partial charge < -0.3 is 9.32 Å². The van der Waals surface area contributed by atoms with Gasteiger partial charge in [-0.3, -0.25) is 14.9 Å². The number of nitrogens with zero attached hydrogens (tertiary/aromatic N) is 2. The van der Waals surface area contributed by atoms with Crippen LogP contribution in [0.3, 0.4) is 0 Å². The van der Waals surface area contributed by atoms with E-state index in [1.807, 2.05) is 6.92 Å². The average molecular weight is 331 g/mol. The van der Waals surface area contributed by atoms with Crippen molar-refractivity contribution in [3.63, 3.8) is 0 Å². The minimum Gasteiger partial charge on any atom is -0.431 e. The second-order valence-corrected chi connectivity index (χ2v) is 5.67. The average Bonchev–Trinajstić information content (AvgIpc) is 3.03. The fraction of sp³-hybridized carbons (Fsp3) is 0.353. The summed E-state index contributed by atoms with van der Waals surface area (Å²) in [6.45, 7) is 2.86. The van der Waals surface area contributed by atoms with Crippen molar-refractivity contribution in [2.45, 2.75) is 19.8 Å². The summed E-state index contributed by atoms with van der Waals surface area (Å²) in [5.41, 5.74) is 0.625. The molecule has 1 fully saturated rings. The number of halogens is 1. The number of anilines is 1. The van der Waals surface area contributed by atoms with Crippen LogP contribution in [0.5, 0.6) is 0 Å². The smallest absolute Gasteiger partial charge is 0.301 e. The van der Waals surface area contributed by atoms with Crippen molar-refractivity contribution in [2.75, 3.05) is 18.4 Å². The van der Waals surface area contributed by atoms with Gasteiger partial charge in [-0.15, -0.1) is 0 Å². The Labute approximate surface area is 138 Å². The van der Waals surface area contributed by atoms with E-state index >= 15 is 0 Å². The molecular formula is C17H18FN3O3. The number of nitrogens with one attached hydrogen (secondary N) is 1. The number of amides is 2. The van der Waals surface area contributed by atoms with Gasteiger partial charge in [0, 0.05) is 25.1 Å². The van der Waals surface area contributed by atoms with E-state index in [0.29, 0.717) is 37.2 Å². The highest BCUT2D eigenvalue weighted by molar-refractivity contribution is 5.92. The number of aromatic nitrogens is 1. The normalized spacial score (nSPS) is 17.8. The number of piperidine rings is 1. The summed E-state index contributed by atoms with van der Waals surface area (Å²) in [5.74, 6) is -0.887. The van der Waals surface area contributed by atoms with Crippen LogP contribution in [0.4, 0.5) is 10.4 Å². The van der Waals surface area contributed by atoms with Gasteiger partial charge in [-0.05, 0) is 25.5 Å². The Morgan fingerprint density at radius 3 is 3.00 bits per heavy atom. The fourth-order valence-corrected chi connectivity index (χ4v) is 2.77. The third-order valence-electron chi connectivity index (χ3n) is 4.14. The molecule has 0 bridgehead atoms. The lowest BCUT2D eigenvalue weighted by molar-refractivity contribution is -0.136. The number of likely N-dealkylation sites (tertiary alicyclic amines) is 1. The monoisotopic (exact) mass is 331 g/mol. The Morgan fingerprint density at radius 1 is 1.46 bits per heavy atom. The van der Waals surface area contributed by atoms with Gasteiger partial charge in [0.05, 0.1) is 5.92 Å². The minimum atomic E-state index is -0.409. The van der Waals surface area contributed by atoms with Gasteiger partial charge in [0.1, 0.15) is 17.8 Å². The Balaban J connectivity index is 1.68. The first-order valence-electron chi connectivity index (χ1n) is 7.87. The largest absolute Gasteiger partial charge is 0.431 e. The maximum Gasteiger partial charge on any atom is 0.301 e. The van der Waals surface area contributed by atoms with E-state index in [-0.39, 0.29) is 23.7 Å². The molecule has 1 aromatic heterocycles. The van der Waals surface area contributed by atoms with Crippen LogP contribution in [0.15, 0.2) is 34.9 Å². The van der Waals surface area contributed by atoms with Crippen molar-refractivity contribution < 1.29 is 18.4 Å². The number of carbonyl (C=O) groups is 2. The number of hydrogen-bond acceptors (Lipinski definition) is 4. The lowest BCUT2D eigenvalue weighted by Crippen LogP contribution is -2.43. The molecule has 24 heavy (non-hydrogen) atoms. The first-order valence-corrected chi connectivity index (χ1v) is 7.87. The maximum absolute atomic E-state index is 13.8. The first-order chi connectivity index (χ1) is 11.6. The van der Waals surface area contributed by atoms with Crippen molar-refractivity contribution in [3.05, 3.63) is 36.3 Å². The summed E-state index contributed by atoms with van der Waals surface area (Å²) in [6, 6.07) is 6.23. The van der Waals surface area contributed by atoms with Crippen LogP contribution in [-0.4, -0.2) is 34.8 Å². The zero-order valence-corrected chi connectivity index (χ0v) is 13.3. The van der Waals surface area contributed by atoms with Gasteiger partial charge in [0.15, 0.2) is 0 Å². The molecule has 2 aromatic rings. The molecule has 1 N–H and O–H groups in total. The van der Waals surface area contributed by atoms with Gasteiger partial charge in [0.25, 0.3) is 0 Å². The van der Waals surface area contributed by atoms with Gasteiger partial charge >= 0.3 is 6.01 Å². The van der Waals surface area contributed by atoms with Crippen molar-refractivity contribution in [3.8, 4) is 11.3 Å². The topological polar surface area (TPSA) is 75.4 Å². The third kappa shape index (κ3) is 3.29. The molecule has 1 atom stereocenters. The van der Waals surface area contributed by atoms with E-state index in [1.54, 1.807) is 23.1 Å². The SMILES string of the molecule is CCN1CC(C(=O)Nc2nc(-c3ccccc3F)co2)CCC1=O. The first kappa shape index (κ1) is 16.2. The second kappa shape index (κ2) is 6.82. The van der Waals surface area contributed by atoms with Gasteiger partial charge in [0.2, 0.25) is 11.8 Å². The zero-order valence-electron chi connectivity index (χ0n) is 13.3. The Morgan fingerprint density at radius 2 is 2.25 bits per heavy atom. The lowest BCUT2D eigenvalue weighted by Gasteiger charge is -2.30. The summed E-state index contributed by atoms with van der Waals surface area (Å²) in [4.78, 5) is 29.8. The van der Waals surface area contributed by atoms with Crippen LogP contribution >= 0.6 is 0 Å². The second-order valence-electron chi connectivity index (χ2n) is 5.67. The van der Waals surface area contributed by atoms with Crippen LogP contribution < -0.4 is 5.32 Å². The third-order valence-corrected chi connectivity index (χ3v) is 4.14. The van der Waals surface area contributed by atoms with E-state index in [2.05, 4.69) is 10.3 Å². The number of hydrogen-bond donors (Lipinski definition) is 1. The molecular weight excluding hydrogens is 313 g/mol. The molecule has 0 saturated carbocycles. The Hall–Kier alpha value is -2.70. The van der Waals surface area contributed by atoms with Crippen molar-refractivity contribution in [1.29, 1.82) is 0 Å². The summed E-state index contributed by atoms with van der Waals surface area (Å²) >= 11 is 0. The molecule has 0 aliphatic carbocycles.